The highest BCUT2D eigenvalue weighted by molar-refractivity contribution is 9.10. The van der Waals surface area contributed by atoms with Gasteiger partial charge in [-0.1, -0.05) is 41.4 Å². The zero-order valence-electron chi connectivity index (χ0n) is 13.0. The number of halogens is 1. The molecule has 1 aromatic carbocycles. The fourth-order valence-electron chi connectivity index (χ4n) is 4.05. The number of nitrogens with zero attached hydrogens (tertiary/aromatic N) is 1. The van der Waals surface area contributed by atoms with Gasteiger partial charge in [0.25, 0.3) is 0 Å². The number of rotatable bonds is 5. The SMILES string of the molecule is CCCNC1CC2CCCC(C1)N2Cc1ccc(Br)cc1. The monoisotopic (exact) mass is 350 g/mol. The number of nitrogens with one attached hydrogen (secondary N) is 1. The Morgan fingerprint density at radius 2 is 1.81 bits per heavy atom. The molecule has 3 heteroatoms. The van der Waals surface area contributed by atoms with Gasteiger partial charge in [0.2, 0.25) is 0 Å². The van der Waals surface area contributed by atoms with Crippen molar-refractivity contribution >= 4 is 15.9 Å². The van der Waals surface area contributed by atoms with Crippen molar-refractivity contribution in [3.8, 4) is 0 Å². The van der Waals surface area contributed by atoms with E-state index < -0.39 is 0 Å². The lowest BCUT2D eigenvalue weighted by molar-refractivity contribution is 0.0177. The summed E-state index contributed by atoms with van der Waals surface area (Å²) in [7, 11) is 0. The Bertz CT molecular complexity index is 431. The van der Waals surface area contributed by atoms with Gasteiger partial charge in [-0.25, -0.2) is 0 Å². The zero-order chi connectivity index (χ0) is 14.7. The van der Waals surface area contributed by atoms with E-state index in [1.54, 1.807) is 0 Å². The summed E-state index contributed by atoms with van der Waals surface area (Å²) in [5.41, 5.74) is 1.45. The summed E-state index contributed by atoms with van der Waals surface area (Å²) < 4.78 is 1.17. The van der Waals surface area contributed by atoms with Crippen LogP contribution in [0, 0.1) is 0 Å². The van der Waals surface area contributed by atoms with Crippen molar-refractivity contribution in [3.05, 3.63) is 34.3 Å². The Morgan fingerprint density at radius 1 is 1.14 bits per heavy atom. The van der Waals surface area contributed by atoms with Crippen LogP contribution in [-0.2, 0) is 6.54 Å². The minimum atomic E-state index is 0.751. The van der Waals surface area contributed by atoms with Gasteiger partial charge in [-0.05, 0) is 56.3 Å². The minimum absolute atomic E-state index is 0.751. The third-order valence-electron chi connectivity index (χ3n) is 5.09. The quantitative estimate of drug-likeness (QED) is 0.849. The molecule has 0 spiro atoms. The summed E-state index contributed by atoms with van der Waals surface area (Å²) in [6, 6.07) is 11.2. The van der Waals surface area contributed by atoms with E-state index in [9.17, 15) is 0 Å². The summed E-state index contributed by atoms with van der Waals surface area (Å²) in [6.07, 6.45) is 8.12. The summed E-state index contributed by atoms with van der Waals surface area (Å²) >= 11 is 3.53. The van der Waals surface area contributed by atoms with Gasteiger partial charge in [0, 0.05) is 29.1 Å². The molecule has 3 rings (SSSR count). The first-order chi connectivity index (χ1) is 10.3. The summed E-state index contributed by atoms with van der Waals surface area (Å²) in [4.78, 5) is 2.79. The van der Waals surface area contributed by atoms with Crippen LogP contribution in [0.1, 0.15) is 51.0 Å². The number of benzene rings is 1. The van der Waals surface area contributed by atoms with Crippen LogP contribution in [0.15, 0.2) is 28.7 Å². The second-order valence-corrected chi connectivity index (χ2v) is 7.58. The maximum atomic E-state index is 3.76. The molecule has 2 unspecified atom stereocenters. The Balaban J connectivity index is 1.64. The van der Waals surface area contributed by atoms with Crippen molar-refractivity contribution in [2.45, 2.75) is 70.1 Å². The van der Waals surface area contributed by atoms with Crippen LogP contribution in [0.2, 0.25) is 0 Å². The molecule has 2 fully saturated rings. The minimum Gasteiger partial charge on any atom is -0.314 e. The predicted molar refractivity (Wildman–Crippen MR) is 92.4 cm³/mol. The maximum absolute atomic E-state index is 3.76. The lowest BCUT2D eigenvalue weighted by Gasteiger charge is -2.49. The lowest BCUT2D eigenvalue weighted by atomic mass is 9.81. The van der Waals surface area contributed by atoms with E-state index in [0.29, 0.717) is 0 Å². The molecule has 0 amide bonds. The normalized spacial score (nSPS) is 29.5. The summed E-state index contributed by atoms with van der Waals surface area (Å²) in [6.45, 7) is 4.57. The number of hydrogen-bond acceptors (Lipinski definition) is 2. The predicted octanol–water partition coefficient (Wildman–Crippen LogP) is 4.33. The molecule has 2 heterocycles. The van der Waals surface area contributed by atoms with Crippen LogP contribution in [0.5, 0.6) is 0 Å². The zero-order valence-corrected chi connectivity index (χ0v) is 14.6. The molecular formula is C18H27BrN2. The van der Waals surface area contributed by atoms with Crippen LogP contribution in [-0.4, -0.2) is 29.6 Å². The van der Waals surface area contributed by atoms with Crippen molar-refractivity contribution in [1.82, 2.24) is 10.2 Å². The average molecular weight is 351 g/mol. The van der Waals surface area contributed by atoms with Gasteiger partial charge in [-0.2, -0.15) is 0 Å². The van der Waals surface area contributed by atoms with Gasteiger partial charge in [-0.15, -0.1) is 0 Å². The smallest absolute Gasteiger partial charge is 0.0239 e. The molecule has 1 N–H and O–H groups in total. The summed E-state index contributed by atoms with van der Waals surface area (Å²) in [5, 5.41) is 3.76. The number of piperidine rings is 2. The van der Waals surface area contributed by atoms with E-state index in [1.807, 2.05) is 0 Å². The fraction of sp³-hybridized carbons (Fsp3) is 0.667. The third-order valence-corrected chi connectivity index (χ3v) is 5.62. The number of fused-ring (bicyclic) bond motifs is 2. The van der Waals surface area contributed by atoms with Crippen LogP contribution in [0.3, 0.4) is 0 Å². The molecule has 2 bridgehead atoms. The van der Waals surface area contributed by atoms with E-state index in [0.717, 1.165) is 24.7 Å². The highest BCUT2D eigenvalue weighted by Crippen LogP contribution is 2.35. The Kier molecular flexibility index (Phi) is 5.36. The first-order valence-corrected chi connectivity index (χ1v) is 9.29. The highest BCUT2D eigenvalue weighted by Gasteiger charge is 2.37. The van der Waals surface area contributed by atoms with Crippen molar-refractivity contribution in [1.29, 1.82) is 0 Å². The van der Waals surface area contributed by atoms with Crippen molar-refractivity contribution < 1.29 is 0 Å². The largest absolute Gasteiger partial charge is 0.314 e. The fourth-order valence-corrected chi connectivity index (χ4v) is 4.32. The van der Waals surface area contributed by atoms with E-state index in [2.05, 4.69) is 57.3 Å². The van der Waals surface area contributed by atoms with Crippen molar-refractivity contribution in [2.75, 3.05) is 6.54 Å². The molecule has 2 saturated heterocycles. The first kappa shape index (κ1) is 15.5. The molecule has 2 nitrogen and oxygen atoms in total. The van der Waals surface area contributed by atoms with Crippen molar-refractivity contribution in [2.24, 2.45) is 0 Å². The molecule has 0 aromatic heterocycles. The second kappa shape index (κ2) is 7.26. The van der Waals surface area contributed by atoms with Crippen LogP contribution >= 0.6 is 15.9 Å². The molecule has 0 aliphatic carbocycles. The number of hydrogen-bond donors (Lipinski definition) is 1. The standard InChI is InChI=1S/C18H27BrN2/c1-2-10-20-16-11-17-4-3-5-18(12-16)21(17)13-14-6-8-15(19)9-7-14/h6-9,16-18,20H,2-5,10-13H2,1H3. The van der Waals surface area contributed by atoms with E-state index in [-0.39, 0.29) is 0 Å². The maximum Gasteiger partial charge on any atom is 0.0239 e. The Labute approximate surface area is 137 Å². The molecule has 2 aliphatic rings. The molecule has 1 aromatic rings. The van der Waals surface area contributed by atoms with Gasteiger partial charge in [0.05, 0.1) is 0 Å². The second-order valence-electron chi connectivity index (χ2n) is 6.66. The van der Waals surface area contributed by atoms with Crippen LogP contribution in [0.4, 0.5) is 0 Å². The molecule has 116 valence electrons. The van der Waals surface area contributed by atoms with Gasteiger partial charge < -0.3 is 5.32 Å². The molecule has 2 aliphatic heterocycles. The van der Waals surface area contributed by atoms with Crippen LogP contribution < -0.4 is 5.32 Å². The average Bonchev–Trinajstić information content (AvgIpc) is 2.47. The highest BCUT2D eigenvalue weighted by atomic mass is 79.9. The van der Waals surface area contributed by atoms with Crippen molar-refractivity contribution in [3.63, 3.8) is 0 Å². The lowest BCUT2D eigenvalue weighted by Crippen LogP contribution is -2.55. The van der Waals surface area contributed by atoms with Gasteiger partial charge >= 0.3 is 0 Å². The van der Waals surface area contributed by atoms with Gasteiger partial charge in [0.1, 0.15) is 0 Å². The van der Waals surface area contributed by atoms with Gasteiger partial charge in [0.15, 0.2) is 0 Å². The molecule has 0 saturated carbocycles. The molecule has 21 heavy (non-hydrogen) atoms. The van der Waals surface area contributed by atoms with E-state index in [4.69, 9.17) is 0 Å². The van der Waals surface area contributed by atoms with E-state index >= 15 is 0 Å². The molecule has 0 radical (unpaired) electrons. The Morgan fingerprint density at radius 3 is 2.43 bits per heavy atom. The third kappa shape index (κ3) is 3.88. The molecule has 2 atom stereocenters. The van der Waals surface area contributed by atoms with Gasteiger partial charge in [-0.3, -0.25) is 4.90 Å². The first-order valence-electron chi connectivity index (χ1n) is 8.50. The molecular weight excluding hydrogens is 324 g/mol. The van der Waals surface area contributed by atoms with Crippen LogP contribution in [0.25, 0.3) is 0 Å². The summed E-state index contributed by atoms with van der Waals surface area (Å²) in [5.74, 6) is 0. The topological polar surface area (TPSA) is 15.3 Å². The van der Waals surface area contributed by atoms with E-state index in [1.165, 1.54) is 55.1 Å². The Hall–Kier alpha value is -0.380.